The van der Waals surface area contributed by atoms with Crippen LogP contribution < -0.4 is 0 Å². The second-order valence-electron chi connectivity index (χ2n) is 5.11. The van der Waals surface area contributed by atoms with E-state index in [0.717, 1.165) is 0 Å². The Morgan fingerprint density at radius 1 is 1.38 bits per heavy atom. The second-order valence-corrected chi connectivity index (χ2v) is 5.11. The highest BCUT2D eigenvalue weighted by molar-refractivity contribution is 6.10. The van der Waals surface area contributed by atoms with Gasteiger partial charge < -0.3 is 9.84 Å². The van der Waals surface area contributed by atoms with Crippen LogP contribution in [-0.2, 0) is 14.3 Å². The lowest BCUT2D eigenvalue weighted by molar-refractivity contribution is -0.148. The van der Waals surface area contributed by atoms with Crippen molar-refractivity contribution in [1.29, 1.82) is 0 Å². The fraction of sp³-hybridized carbons (Fsp3) is 0.818. The first-order valence-corrected chi connectivity index (χ1v) is 5.43. The monoisotopic (exact) mass is 227 g/mol. The van der Waals surface area contributed by atoms with Crippen LogP contribution in [0.25, 0.3) is 0 Å². The summed E-state index contributed by atoms with van der Waals surface area (Å²) in [6.45, 7) is 3.80. The molecular formula is C11H17NO4. The number of fused-ring (bicyclic) bond motifs is 1. The Labute approximate surface area is 94.4 Å². The Balaban J connectivity index is 2.15. The van der Waals surface area contributed by atoms with Crippen molar-refractivity contribution in [1.82, 2.24) is 4.90 Å². The second kappa shape index (κ2) is 3.53. The van der Waals surface area contributed by atoms with E-state index in [1.165, 1.54) is 12.0 Å². The van der Waals surface area contributed by atoms with Gasteiger partial charge in [0, 0.05) is 7.11 Å². The van der Waals surface area contributed by atoms with Crippen LogP contribution in [0.15, 0.2) is 0 Å². The lowest BCUT2D eigenvalue weighted by Crippen LogP contribution is -2.47. The number of aliphatic hydroxyl groups excluding tert-OH is 1. The average Bonchev–Trinajstić information content (AvgIpc) is 2.67. The zero-order valence-corrected chi connectivity index (χ0v) is 9.77. The maximum Gasteiger partial charge on any atom is 0.234 e. The van der Waals surface area contributed by atoms with Gasteiger partial charge in [-0.05, 0) is 5.41 Å². The zero-order chi connectivity index (χ0) is 12.1. The summed E-state index contributed by atoms with van der Waals surface area (Å²) in [5.41, 5.74) is -0.197. The summed E-state index contributed by atoms with van der Waals surface area (Å²) in [7, 11) is 1.48. The van der Waals surface area contributed by atoms with E-state index in [1.54, 1.807) is 0 Å². The summed E-state index contributed by atoms with van der Waals surface area (Å²) < 4.78 is 4.90. The van der Waals surface area contributed by atoms with Gasteiger partial charge in [0.1, 0.15) is 0 Å². The summed E-state index contributed by atoms with van der Waals surface area (Å²) in [5, 5.41) is 9.16. The number of carbonyl (C=O) groups excluding carboxylic acids is 2. The van der Waals surface area contributed by atoms with E-state index in [1.807, 2.05) is 13.8 Å². The Morgan fingerprint density at radius 2 is 1.88 bits per heavy atom. The van der Waals surface area contributed by atoms with Crippen LogP contribution in [-0.4, -0.2) is 48.2 Å². The molecule has 90 valence electrons. The molecule has 5 nitrogen and oxygen atoms in total. The Morgan fingerprint density at radius 3 is 2.25 bits per heavy atom. The first-order valence-electron chi connectivity index (χ1n) is 5.43. The topological polar surface area (TPSA) is 66.8 Å². The minimum atomic E-state index is -0.534. The van der Waals surface area contributed by atoms with Gasteiger partial charge in [-0.3, -0.25) is 14.5 Å². The Bertz CT molecular complexity index is 315. The first-order chi connectivity index (χ1) is 7.46. The molecule has 16 heavy (non-hydrogen) atoms. The molecule has 1 heterocycles. The SMILES string of the molecule is COCC(CO)N1C(=O)C2C(C1=O)C2(C)C. The van der Waals surface area contributed by atoms with Crippen molar-refractivity contribution in [3.63, 3.8) is 0 Å². The highest BCUT2D eigenvalue weighted by atomic mass is 16.5. The lowest BCUT2D eigenvalue weighted by Gasteiger charge is -2.27. The van der Waals surface area contributed by atoms with Crippen LogP contribution >= 0.6 is 0 Å². The van der Waals surface area contributed by atoms with Crippen molar-refractivity contribution in [2.75, 3.05) is 20.3 Å². The molecule has 0 aromatic carbocycles. The fourth-order valence-corrected chi connectivity index (χ4v) is 2.73. The van der Waals surface area contributed by atoms with Crippen molar-refractivity contribution in [2.45, 2.75) is 19.9 Å². The molecule has 3 atom stereocenters. The molecule has 0 radical (unpaired) electrons. The van der Waals surface area contributed by atoms with Gasteiger partial charge in [-0.2, -0.15) is 0 Å². The summed E-state index contributed by atoms with van der Waals surface area (Å²) in [6, 6.07) is -0.534. The molecule has 2 aliphatic rings. The van der Waals surface area contributed by atoms with Crippen LogP contribution in [0.3, 0.4) is 0 Å². The molecule has 1 saturated heterocycles. The van der Waals surface area contributed by atoms with Crippen LogP contribution in [0.4, 0.5) is 0 Å². The number of amides is 2. The van der Waals surface area contributed by atoms with Crippen LogP contribution in [0.5, 0.6) is 0 Å². The van der Waals surface area contributed by atoms with Gasteiger partial charge in [-0.25, -0.2) is 0 Å². The van der Waals surface area contributed by atoms with Gasteiger partial charge in [0.15, 0.2) is 0 Å². The van der Waals surface area contributed by atoms with Crippen molar-refractivity contribution in [2.24, 2.45) is 17.3 Å². The molecule has 5 heteroatoms. The number of hydrogen-bond donors (Lipinski definition) is 1. The van der Waals surface area contributed by atoms with Crippen molar-refractivity contribution < 1.29 is 19.4 Å². The highest BCUT2D eigenvalue weighted by Gasteiger charge is 2.73. The molecular weight excluding hydrogens is 210 g/mol. The van der Waals surface area contributed by atoms with Crippen molar-refractivity contribution >= 4 is 11.8 Å². The predicted octanol–water partition coefficient (Wildman–Crippen LogP) is -0.365. The van der Waals surface area contributed by atoms with Gasteiger partial charge in [0.05, 0.1) is 31.1 Å². The zero-order valence-electron chi connectivity index (χ0n) is 9.77. The smallest absolute Gasteiger partial charge is 0.234 e. The van der Waals surface area contributed by atoms with Gasteiger partial charge in [0.25, 0.3) is 0 Å². The number of carbonyl (C=O) groups is 2. The summed E-state index contributed by atoms with van der Waals surface area (Å²) >= 11 is 0. The standard InChI is InChI=1S/C11H17NO4/c1-11(2)7-8(11)10(15)12(9(7)14)6(4-13)5-16-3/h6-8,13H,4-5H2,1-3H3. The van der Waals surface area contributed by atoms with E-state index >= 15 is 0 Å². The molecule has 0 spiro atoms. The Kier molecular flexibility index (Phi) is 2.55. The average molecular weight is 227 g/mol. The third kappa shape index (κ3) is 1.31. The number of imide groups is 1. The number of methoxy groups -OCH3 is 1. The van der Waals surface area contributed by atoms with E-state index in [2.05, 4.69) is 0 Å². The van der Waals surface area contributed by atoms with E-state index < -0.39 is 6.04 Å². The number of hydrogen-bond acceptors (Lipinski definition) is 4. The van der Waals surface area contributed by atoms with Gasteiger partial charge >= 0.3 is 0 Å². The minimum Gasteiger partial charge on any atom is -0.394 e. The largest absolute Gasteiger partial charge is 0.394 e. The molecule has 1 saturated carbocycles. The molecule has 2 amide bonds. The number of nitrogens with zero attached hydrogens (tertiary/aromatic N) is 1. The fourth-order valence-electron chi connectivity index (χ4n) is 2.73. The number of rotatable bonds is 4. The van der Waals surface area contributed by atoms with Gasteiger partial charge in [-0.1, -0.05) is 13.8 Å². The van der Waals surface area contributed by atoms with Crippen LogP contribution in [0.1, 0.15) is 13.8 Å². The number of likely N-dealkylation sites (tertiary alicyclic amines) is 1. The maximum absolute atomic E-state index is 12.0. The third-order valence-corrected chi connectivity index (χ3v) is 3.77. The first kappa shape index (κ1) is 11.5. The molecule has 0 bridgehead atoms. The summed E-state index contributed by atoms with van der Waals surface area (Å²) in [5.74, 6) is -0.691. The molecule has 0 aromatic heterocycles. The normalized spacial score (nSPS) is 32.9. The molecule has 1 aliphatic heterocycles. The summed E-state index contributed by atoms with van der Waals surface area (Å²) in [6.07, 6.45) is 0. The lowest BCUT2D eigenvalue weighted by atomic mass is 10.0. The van der Waals surface area contributed by atoms with Crippen molar-refractivity contribution in [3.05, 3.63) is 0 Å². The number of piperidine rings is 1. The predicted molar refractivity (Wildman–Crippen MR) is 55.4 cm³/mol. The molecule has 0 aromatic rings. The van der Waals surface area contributed by atoms with E-state index in [9.17, 15) is 9.59 Å². The molecule has 1 N–H and O–H groups in total. The molecule has 1 aliphatic carbocycles. The van der Waals surface area contributed by atoms with Gasteiger partial charge in [0.2, 0.25) is 11.8 Å². The third-order valence-electron chi connectivity index (χ3n) is 3.77. The van der Waals surface area contributed by atoms with Crippen LogP contribution in [0, 0.1) is 17.3 Å². The van der Waals surface area contributed by atoms with Gasteiger partial charge in [-0.15, -0.1) is 0 Å². The highest BCUT2D eigenvalue weighted by Crippen LogP contribution is 2.63. The number of aliphatic hydroxyl groups is 1. The summed E-state index contributed by atoms with van der Waals surface area (Å²) in [4.78, 5) is 25.2. The Hall–Kier alpha value is -0.940. The molecule has 2 rings (SSSR count). The maximum atomic E-state index is 12.0. The quantitative estimate of drug-likeness (QED) is 0.666. The van der Waals surface area contributed by atoms with E-state index in [4.69, 9.17) is 9.84 Å². The molecule has 3 unspecified atom stereocenters. The molecule has 2 fully saturated rings. The van der Waals surface area contributed by atoms with Crippen LogP contribution in [0.2, 0.25) is 0 Å². The van der Waals surface area contributed by atoms with E-state index in [-0.39, 0.29) is 42.3 Å². The number of ether oxygens (including phenoxy) is 1. The van der Waals surface area contributed by atoms with Crippen molar-refractivity contribution in [3.8, 4) is 0 Å². The van der Waals surface area contributed by atoms with E-state index in [0.29, 0.717) is 0 Å². The minimum absolute atomic E-state index is 0.156.